The van der Waals surface area contributed by atoms with E-state index < -0.39 is 9.84 Å². The van der Waals surface area contributed by atoms with Crippen LogP contribution < -0.4 is 5.32 Å². The highest BCUT2D eigenvalue weighted by molar-refractivity contribution is 7.91. The lowest BCUT2D eigenvalue weighted by molar-refractivity contribution is 0.102. The predicted molar refractivity (Wildman–Crippen MR) is 105 cm³/mol. The molecule has 1 aliphatic heterocycles. The Labute approximate surface area is 162 Å². The second-order valence-corrected chi connectivity index (χ2v) is 9.02. The van der Waals surface area contributed by atoms with E-state index in [1.165, 1.54) is 12.4 Å². The van der Waals surface area contributed by atoms with Crippen LogP contribution in [0.25, 0.3) is 11.4 Å². The molecule has 1 amide bonds. The molecule has 4 rings (SSSR count). The number of hydrogen-bond acceptors (Lipinski definition) is 6. The molecule has 144 valence electrons. The number of hydrogen-bond donors (Lipinski definition) is 1. The highest BCUT2D eigenvalue weighted by Crippen LogP contribution is 2.27. The zero-order chi connectivity index (χ0) is 19.7. The van der Waals surface area contributed by atoms with E-state index in [-0.39, 0.29) is 23.5 Å². The van der Waals surface area contributed by atoms with E-state index in [2.05, 4.69) is 20.4 Å². The first kappa shape index (κ1) is 18.3. The van der Waals surface area contributed by atoms with Gasteiger partial charge in [-0.05, 0) is 13.3 Å². The van der Waals surface area contributed by atoms with Crippen LogP contribution in [0.4, 0.5) is 5.82 Å². The Morgan fingerprint density at radius 3 is 2.54 bits per heavy atom. The fourth-order valence-electron chi connectivity index (χ4n) is 3.23. The third-order valence-corrected chi connectivity index (χ3v) is 6.35. The molecule has 1 unspecified atom stereocenters. The third-order valence-electron chi connectivity index (χ3n) is 4.60. The number of carbonyl (C=O) groups excluding carboxylic acids is 1. The monoisotopic (exact) mass is 397 g/mol. The molecule has 0 aliphatic carbocycles. The zero-order valence-corrected chi connectivity index (χ0v) is 16.1. The van der Waals surface area contributed by atoms with Crippen molar-refractivity contribution in [3.8, 4) is 11.4 Å². The fraction of sp³-hybridized carbons (Fsp3) is 0.263. The van der Waals surface area contributed by atoms with Crippen LogP contribution in [0.2, 0.25) is 0 Å². The Bertz CT molecular complexity index is 1110. The molecule has 1 aliphatic rings. The number of nitrogens with one attached hydrogen (secondary N) is 1. The van der Waals surface area contributed by atoms with Crippen molar-refractivity contribution in [1.29, 1.82) is 0 Å². The van der Waals surface area contributed by atoms with Crippen molar-refractivity contribution in [2.75, 3.05) is 16.8 Å². The molecule has 1 atom stereocenters. The quantitative estimate of drug-likeness (QED) is 0.724. The van der Waals surface area contributed by atoms with Crippen LogP contribution in [0, 0.1) is 6.92 Å². The van der Waals surface area contributed by atoms with E-state index in [1.54, 1.807) is 17.7 Å². The van der Waals surface area contributed by atoms with Crippen molar-refractivity contribution >= 4 is 21.6 Å². The van der Waals surface area contributed by atoms with Gasteiger partial charge in [0.25, 0.3) is 5.91 Å². The van der Waals surface area contributed by atoms with Gasteiger partial charge in [0.1, 0.15) is 5.82 Å². The van der Waals surface area contributed by atoms with E-state index in [4.69, 9.17) is 0 Å². The summed E-state index contributed by atoms with van der Waals surface area (Å²) in [6.07, 6.45) is 3.43. The van der Waals surface area contributed by atoms with Crippen LogP contribution in [0.3, 0.4) is 0 Å². The minimum Gasteiger partial charge on any atom is -0.307 e. The topological polar surface area (TPSA) is 107 Å². The van der Waals surface area contributed by atoms with Crippen LogP contribution in [-0.2, 0) is 9.84 Å². The molecule has 1 fully saturated rings. The molecule has 0 saturated carbocycles. The first-order valence-corrected chi connectivity index (χ1v) is 10.7. The Morgan fingerprint density at radius 2 is 1.89 bits per heavy atom. The van der Waals surface area contributed by atoms with Crippen molar-refractivity contribution < 1.29 is 13.2 Å². The fourth-order valence-corrected chi connectivity index (χ4v) is 4.92. The van der Waals surface area contributed by atoms with E-state index in [0.717, 1.165) is 5.56 Å². The number of amides is 1. The van der Waals surface area contributed by atoms with Crippen molar-refractivity contribution in [1.82, 2.24) is 19.7 Å². The molecule has 0 bridgehead atoms. The molecule has 1 N–H and O–H groups in total. The van der Waals surface area contributed by atoms with Gasteiger partial charge in [-0.15, -0.1) is 0 Å². The van der Waals surface area contributed by atoms with Crippen molar-refractivity contribution in [2.24, 2.45) is 0 Å². The van der Waals surface area contributed by atoms with Gasteiger partial charge in [-0.2, -0.15) is 5.10 Å². The molecule has 1 aromatic carbocycles. The summed E-state index contributed by atoms with van der Waals surface area (Å²) in [6.45, 7) is 1.80. The summed E-state index contributed by atoms with van der Waals surface area (Å²) in [5.74, 6) is 0.803. The summed E-state index contributed by atoms with van der Waals surface area (Å²) in [7, 11) is -3.06. The summed E-state index contributed by atoms with van der Waals surface area (Å²) < 4.78 is 25.2. The summed E-state index contributed by atoms with van der Waals surface area (Å²) in [6, 6.07) is 10.9. The summed E-state index contributed by atoms with van der Waals surface area (Å²) in [4.78, 5) is 21.1. The Balaban J connectivity index is 1.53. The van der Waals surface area contributed by atoms with Crippen molar-refractivity contribution in [3.05, 3.63) is 60.0 Å². The van der Waals surface area contributed by atoms with Gasteiger partial charge in [0, 0.05) is 24.0 Å². The van der Waals surface area contributed by atoms with Gasteiger partial charge >= 0.3 is 0 Å². The normalized spacial score (nSPS) is 18.1. The molecular formula is C19H19N5O3S. The molecule has 3 heterocycles. The van der Waals surface area contributed by atoms with Crippen molar-refractivity contribution in [2.45, 2.75) is 19.4 Å². The number of carbonyl (C=O) groups is 1. The SMILES string of the molecule is Cc1cc(NC(=O)c2cnc(-c3ccccc3)nc2)n(C2CCS(=O)(=O)C2)n1. The lowest BCUT2D eigenvalue weighted by Gasteiger charge is -2.13. The molecule has 2 aromatic heterocycles. The Kier molecular flexibility index (Phi) is 4.68. The van der Waals surface area contributed by atoms with E-state index >= 15 is 0 Å². The van der Waals surface area contributed by atoms with Crippen molar-refractivity contribution in [3.63, 3.8) is 0 Å². The smallest absolute Gasteiger partial charge is 0.259 e. The highest BCUT2D eigenvalue weighted by Gasteiger charge is 2.31. The van der Waals surface area contributed by atoms with E-state index in [0.29, 0.717) is 29.3 Å². The highest BCUT2D eigenvalue weighted by atomic mass is 32.2. The maximum Gasteiger partial charge on any atom is 0.259 e. The largest absolute Gasteiger partial charge is 0.307 e. The van der Waals surface area contributed by atoms with Crippen LogP contribution in [0.5, 0.6) is 0 Å². The predicted octanol–water partition coefficient (Wildman–Crippen LogP) is 2.26. The molecule has 1 saturated heterocycles. The minimum atomic E-state index is -3.06. The van der Waals surface area contributed by atoms with Gasteiger partial charge in [0.15, 0.2) is 15.7 Å². The number of benzene rings is 1. The average Bonchev–Trinajstić information content (AvgIpc) is 3.24. The molecule has 0 radical (unpaired) electrons. The molecule has 3 aromatic rings. The lowest BCUT2D eigenvalue weighted by Crippen LogP contribution is -2.20. The van der Waals surface area contributed by atoms with Gasteiger partial charge in [-0.1, -0.05) is 30.3 Å². The molecule has 8 nitrogen and oxygen atoms in total. The first-order chi connectivity index (χ1) is 13.4. The summed E-state index contributed by atoms with van der Waals surface area (Å²) >= 11 is 0. The van der Waals surface area contributed by atoms with Gasteiger partial charge in [-0.3, -0.25) is 4.79 Å². The van der Waals surface area contributed by atoms with E-state index in [9.17, 15) is 13.2 Å². The molecule has 28 heavy (non-hydrogen) atoms. The molecule has 9 heteroatoms. The van der Waals surface area contributed by atoms with Gasteiger partial charge < -0.3 is 5.32 Å². The minimum absolute atomic E-state index is 0.0336. The maximum absolute atomic E-state index is 12.6. The zero-order valence-electron chi connectivity index (χ0n) is 15.2. The Hall–Kier alpha value is -3.07. The standard InChI is InChI=1S/C19H19N5O3S/c1-13-9-17(24(23-13)16-7-8-28(26,27)12-16)22-19(25)15-10-20-18(21-11-15)14-5-3-2-4-6-14/h2-6,9-11,16H,7-8,12H2,1H3,(H,22,25). The van der Waals surface area contributed by atoms with Crippen LogP contribution in [0.15, 0.2) is 48.8 Å². The summed E-state index contributed by atoms with van der Waals surface area (Å²) in [5.41, 5.74) is 1.88. The summed E-state index contributed by atoms with van der Waals surface area (Å²) in [5, 5.41) is 7.16. The number of sulfone groups is 1. The van der Waals surface area contributed by atoms with Crippen LogP contribution in [-0.4, -0.2) is 45.6 Å². The van der Waals surface area contributed by atoms with Gasteiger partial charge in [0.05, 0.1) is 28.8 Å². The number of rotatable bonds is 4. The second kappa shape index (κ2) is 7.16. The second-order valence-electron chi connectivity index (χ2n) is 6.79. The first-order valence-electron chi connectivity index (χ1n) is 8.87. The van der Waals surface area contributed by atoms with Crippen LogP contribution in [0.1, 0.15) is 28.5 Å². The maximum atomic E-state index is 12.6. The number of aromatic nitrogens is 4. The number of nitrogens with zero attached hydrogens (tertiary/aromatic N) is 4. The number of anilines is 1. The Morgan fingerprint density at radius 1 is 1.18 bits per heavy atom. The van der Waals surface area contributed by atoms with Gasteiger partial charge in [-0.25, -0.2) is 23.1 Å². The molecule has 0 spiro atoms. The lowest BCUT2D eigenvalue weighted by atomic mass is 10.2. The number of aryl methyl sites for hydroxylation is 1. The average molecular weight is 397 g/mol. The van der Waals surface area contributed by atoms with Crippen LogP contribution >= 0.6 is 0 Å². The third kappa shape index (κ3) is 3.79. The molecular weight excluding hydrogens is 378 g/mol. The van der Waals surface area contributed by atoms with E-state index in [1.807, 2.05) is 30.3 Å². The van der Waals surface area contributed by atoms with Gasteiger partial charge in [0.2, 0.25) is 0 Å².